The van der Waals surface area contributed by atoms with Crippen molar-refractivity contribution in [3.63, 3.8) is 0 Å². The van der Waals surface area contributed by atoms with Gasteiger partial charge in [0, 0.05) is 18.6 Å². The van der Waals surface area contributed by atoms with Gasteiger partial charge in [-0.15, -0.1) is 0 Å². The number of rotatable bonds is 11. The molecular weight excluding hydrogens is 613 g/mol. The summed E-state index contributed by atoms with van der Waals surface area (Å²) in [6.07, 6.45) is 8.26. The molecule has 0 aliphatic rings. The molecule has 0 spiro atoms. The van der Waals surface area contributed by atoms with Crippen LogP contribution in [-0.4, -0.2) is 24.1 Å². The number of alkyl carbamates (subject to hydrolysis) is 1. The van der Waals surface area contributed by atoms with Gasteiger partial charge in [0.2, 0.25) is 5.91 Å². The Kier molecular flexibility index (Phi) is 12.4. The number of ether oxygens (including phenoxy) is 1. The Bertz CT molecular complexity index is 1350. The van der Waals surface area contributed by atoms with Crippen LogP contribution in [0.15, 0.2) is 122 Å². The van der Waals surface area contributed by atoms with Gasteiger partial charge < -0.3 is 39.3 Å². The molecule has 0 aliphatic carbocycles. The van der Waals surface area contributed by atoms with Crippen molar-refractivity contribution in [2.45, 2.75) is 31.5 Å². The number of nitrogens with one attached hydrogen (secondary N) is 2. The summed E-state index contributed by atoms with van der Waals surface area (Å²) >= 11 is 0. The Morgan fingerprint density at radius 1 is 0.750 bits per heavy atom. The predicted molar refractivity (Wildman–Crippen MR) is 152 cm³/mol. The Morgan fingerprint density at radius 2 is 1.27 bits per heavy atom. The smallest absolute Gasteiger partial charge is 0.408 e. The van der Waals surface area contributed by atoms with E-state index in [4.69, 9.17) is 4.74 Å². The van der Waals surface area contributed by atoms with Crippen LogP contribution in [0.3, 0.4) is 0 Å². The Morgan fingerprint density at radius 3 is 1.85 bits per heavy atom. The minimum Gasteiger partial charge on any atom is -1.00 e. The molecule has 0 aliphatic heterocycles. The number of aromatic nitrogens is 1. The zero-order valence-electron chi connectivity index (χ0n) is 22.5. The maximum atomic E-state index is 13.6. The average molecular weight is 648 g/mol. The van der Waals surface area contributed by atoms with Gasteiger partial charge in [0.15, 0.2) is 12.4 Å². The van der Waals surface area contributed by atoms with Gasteiger partial charge in [0.25, 0.3) is 0 Å². The monoisotopic (exact) mass is 647 g/mol. The zero-order chi connectivity index (χ0) is 27.3. The van der Waals surface area contributed by atoms with E-state index in [2.05, 4.69) is 10.6 Å². The number of benzene rings is 3. The molecule has 0 fully saturated rings. The number of hydrogen-bond acceptors (Lipinski definition) is 3. The highest BCUT2D eigenvalue weighted by molar-refractivity contribution is 5.86. The highest BCUT2D eigenvalue weighted by Gasteiger charge is 2.24. The minimum absolute atomic E-state index is 0. The third-order valence-corrected chi connectivity index (χ3v) is 6.26. The molecule has 1 aromatic heterocycles. The molecular formula is C33H34IN3O3. The quantitative estimate of drug-likeness (QED) is 0.193. The molecule has 2 atom stereocenters. The summed E-state index contributed by atoms with van der Waals surface area (Å²) in [5.41, 5.74) is 3.94. The molecule has 3 aromatic carbocycles. The van der Waals surface area contributed by atoms with Crippen LogP contribution in [0.5, 0.6) is 0 Å². The Balaban J connectivity index is 0.00000441. The first-order chi connectivity index (χ1) is 19.0. The molecule has 4 aromatic rings. The maximum Gasteiger partial charge on any atom is 0.408 e. The maximum absolute atomic E-state index is 13.6. The van der Waals surface area contributed by atoms with Crippen LogP contribution in [0.4, 0.5) is 4.79 Å². The molecule has 40 heavy (non-hydrogen) atoms. The van der Waals surface area contributed by atoms with Crippen LogP contribution in [0.25, 0.3) is 6.08 Å². The van der Waals surface area contributed by atoms with Crippen molar-refractivity contribution >= 4 is 18.1 Å². The molecule has 2 unspecified atom stereocenters. The molecule has 2 amide bonds. The number of hydrogen-bond donors (Lipinski definition) is 2. The molecule has 4 rings (SSSR count). The number of carbonyl (C=O) groups excluding carboxylic acids is 2. The van der Waals surface area contributed by atoms with Crippen molar-refractivity contribution in [1.82, 2.24) is 10.6 Å². The van der Waals surface area contributed by atoms with Gasteiger partial charge in [-0.05, 0) is 28.7 Å². The van der Waals surface area contributed by atoms with Crippen molar-refractivity contribution in [2.75, 3.05) is 0 Å². The molecule has 7 heteroatoms. The lowest BCUT2D eigenvalue weighted by Crippen LogP contribution is -3.00. The van der Waals surface area contributed by atoms with E-state index >= 15 is 0 Å². The molecule has 1 heterocycles. The second-order valence-electron chi connectivity index (χ2n) is 9.41. The summed E-state index contributed by atoms with van der Waals surface area (Å²) in [5.74, 6) is -0.277. The van der Waals surface area contributed by atoms with Crippen molar-refractivity contribution in [2.24, 2.45) is 7.05 Å². The van der Waals surface area contributed by atoms with Crippen LogP contribution in [0, 0.1) is 0 Å². The largest absolute Gasteiger partial charge is 1.00 e. The summed E-state index contributed by atoms with van der Waals surface area (Å²) in [5, 5.41) is 5.93. The number of halogens is 1. The fraction of sp³-hybridized carbons (Fsp3) is 0.182. The van der Waals surface area contributed by atoms with E-state index in [9.17, 15) is 9.59 Å². The van der Waals surface area contributed by atoms with Crippen LogP contribution in [-0.2, 0) is 36.0 Å². The number of aryl methyl sites for hydroxylation is 1. The van der Waals surface area contributed by atoms with Gasteiger partial charge in [0.1, 0.15) is 19.7 Å². The lowest BCUT2D eigenvalue weighted by atomic mass is 10.0. The summed E-state index contributed by atoms with van der Waals surface area (Å²) in [6, 6.07) is 32.0. The van der Waals surface area contributed by atoms with E-state index in [0.29, 0.717) is 12.8 Å². The first kappa shape index (κ1) is 30.6. The van der Waals surface area contributed by atoms with E-state index in [1.807, 2.05) is 139 Å². The normalized spacial score (nSPS) is 12.1. The van der Waals surface area contributed by atoms with Gasteiger partial charge in [-0.3, -0.25) is 4.79 Å². The van der Waals surface area contributed by atoms with Gasteiger partial charge in [0.05, 0.1) is 6.04 Å². The molecule has 206 valence electrons. The van der Waals surface area contributed by atoms with Crippen molar-refractivity contribution in [3.05, 3.63) is 144 Å². The standard InChI is InChI=1S/C33H33N3O3.HI/c1-36-21-19-26(20-22-36)17-18-30(23-27-11-5-2-6-12-27)34-32(37)31(24-28-13-7-3-8-14-28)35-33(38)39-25-29-15-9-4-10-16-29;/h2-22,30-31H,23-25H2,1H3,(H-,34,35,37,38);1H/b18-17+;. The summed E-state index contributed by atoms with van der Waals surface area (Å²) in [7, 11) is 1.97. The SMILES string of the molecule is C[n+]1ccc(/C=C/C(Cc2ccccc2)NC(=O)C(Cc2ccccc2)NC(=O)OCc2ccccc2)cc1.[I-]. The molecule has 2 N–H and O–H groups in total. The molecule has 6 nitrogen and oxygen atoms in total. The Hall–Kier alpha value is -3.98. The number of carbonyl (C=O) groups is 2. The molecule has 0 bridgehead atoms. The summed E-state index contributed by atoms with van der Waals surface area (Å²) in [6.45, 7) is 0.126. The highest BCUT2D eigenvalue weighted by Crippen LogP contribution is 2.10. The topological polar surface area (TPSA) is 71.3 Å². The highest BCUT2D eigenvalue weighted by atomic mass is 127. The second kappa shape index (κ2) is 16.2. The van der Waals surface area contributed by atoms with Gasteiger partial charge in [-0.2, -0.15) is 0 Å². The van der Waals surface area contributed by atoms with Crippen molar-refractivity contribution in [1.29, 1.82) is 0 Å². The van der Waals surface area contributed by atoms with Crippen LogP contribution in [0.2, 0.25) is 0 Å². The first-order valence-corrected chi connectivity index (χ1v) is 13.0. The van der Waals surface area contributed by atoms with Crippen LogP contribution in [0.1, 0.15) is 22.3 Å². The van der Waals surface area contributed by atoms with Crippen molar-refractivity contribution < 1.29 is 42.9 Å². The van der Waals surface area contributed by atoms with E-state index < -0.39 is 12.1 Å². The fourth-order valence-electron chi connectivity index (χ4n) is 4.14. The first-order valence-electron chi connectivity index (χ1n) is 13.0. The van der Waals surface area contributed by atoms with E-state index in [0.717, 1.165) is 22.3 Å². The van der Waals surface area contributed by atoms with E-state index in [-0.39, 0.29) is 42.5 Å². The summed E-state index contributed by atoms with van der Waals surface area (Å²) < 4.78 is 7.39. The zero-order valence-corrected chi connectivity index (χ0v) is 24.6. The molecule has 0 radical (unpaired) electrons. The van der Waals surface area contributed by atoms with Crippen LogP contribution >= 0.6 is 0 Å². The Labute approximate surface area is 253 Å². The van der Waals surface area contributed by atoms with Gasteiger partial charge >= 0.3 is 6.09 Å². The number of amides is 2. The van der Waals surface area contributed by atoms with E-state index in [1.54, 1.807) is 0 Å². The summed E-state index contributed by atoms with van der Waals surface area (Å²) in [4.78, 5) is 26.3. The fourth-order valence-corrected chi connectivity index (χ4v) is 4.14. The average Bonchev–Trinajstić information content (AvgIpc) is 2.97. The minimum atomic E-state index is -0.807. The third kappa shape index (κ3) is 10.3. The second-order valence-corrected chi connectivity index (χ2v) is 9.41. The van der Waals surface area contributed by atoms with Crippen LogP contribution < -0.4 is 39.2 Å². The lowest BCUT2D eigenvalue weighted by Gasteiger charge is -2.22. The number of pyridine rings is 1. The van der Waals surface area contributed by atoms with Crippen molar-refractivity contribution in [3.8, 4) is 0 Å². The van der Waals surface area contributed by atoms with Gasteiger partial charge in [-0.25, -0.2) is 9.36 Å². The van der Waals surface area contributed by atoms with Gasteiger partial charge in [-0.1, -0.05) is 103 Å². The van der Waals surface area contributed by atoms with E-state index in [1.165, 1.54) is 0 Å². The lowest BCUT2D eigenvalue weighted by molar-refractivity contribution is -0.671. The number of nitrogens with zero attached hydrogens (tertiary/aromatic N) is 1. The third-order valence-electron chi connectivity index (χ3n) is 6.26. The molecule has 0 saturated carbocycles. The molecule has 0 saturated heterocycles. The predicted octanol–water partition coefficient (Wildman–Crippen LogP) is 1.79.